The molecule has 1 aromatic carbocycles. The first-order chi connectivity index (χ1) is 15.7. The van der Waals surface area contributed by atoms with Crippen LogP contribution in [0.2, 0.25) is 0 Å². The van der Waals surface area contributed by atoms with Crippen LogP contribution >= 0.6 is 0 Å². The summed E-state index contributed by atoms with van der Waals surface area (Å²) in [6, 6.07) is 15.6. The first-order valence-electron chi connectivity index (χ1n) is 10.7. The minimum Gasteiger partial charge on any atom is -0.337 e. The molecule has 2 amide bonds. The van der Waals surface area contributed by atoms with E-state index in [0.717, 1.165) is 16.7 Å². The number of hydrogen-bond acceptors (Lipinski definition) is 4. The van der Waals surface area contributed by atoms with Crippen molar-refractivity contribution >= 4 is 11.8 Å². The fraction of sp³-hybridized carbons (Fsp3) is 0.231. The fourth-order valence-corrected chi connectivity index (χ4v) is 4.06. The lowest BCUT2D eigenvalue weighted by molar-refractivity contribution is -0.134. The number of hydrogen-bond donors (Lipinski definition) is 0. The van der Waals surface area contributed by atoms with E-state index in [9.17, 15) is 9.59 Å². The van der Waals surface area contributed by atoms with Gasteiger partial charge in [-0.15, -0.1) is 6.58 Å². The zero-order chi connectivity index (χ0) is 22.3. The zero-order valence-corrected chi connectivity index (χ0v) is 17.9. The van der Waals surface area contributed by atoms with Crippen LogP contribution < -0.4 is 0 Å². The molecule has 1 fully saturated rings. The smallest absolute Gasteiger partial charge is 0.254 e. The number of nitrogens with zero attached hydrogens (tertiary/aromatic N) is 4. The molecule has 162 valence electrons. The highest BCUT2D eigenvalue weighted by Crippen LogP contribution is 2.22. The summed E-state index contributed by atoms with van der Waals surface area (Å²) in [5.41, 5.74) is 3.86. The maximum atomic E-state index is 13.3. The van der Waals surface area contributed by atoms with Crippen molar-refractivity contribution < 1.29 is 9.59 Å². The first-order valence-corrected chi connectivity index (χ1v) is 10.7. The Balaban J connectivity index is 1.54. The second-order valence-corrected chi connectivity index (χ2v) is 7.89. The number of pyridine rings is 2. The standard InChI is InChI=1S/C26H26N4O2/c1-2-15-29-16-17-30(25(31)23-9-13-28-14-10-23)19-24(26(29)32)18-20-3-5-21(6-4-20)22-7-11-27-12-8-22/h2-14,24H,1,15-19H2/t24-/m0/s1. The molecule has 2 aromatic heterocycles. The third-order valence-corrected chi connectivity index (χ3v) is 5.76. The Morgan fingerprint density at radius 2 is 1.56 bits per heavy atom. The SMILES string of the molecule is C=CCN1CCN(C(=O)c2ccncc2)C[C@H](Cc2ccc(-c3ccncc3)cc2)C1=O. The zero-order valence-electron chi connectivity index (χ0n) is 17.9. The van der Waals surface area contributed by atoms with Gasteiger partial charge in [0.25, 0.3) is 5.91 Å². The summed E-state index contributed by atoms with van der Waals surface area (Å²) >= 11 is 0. The minimum absolute atomic E-state index is 0.0631. The number of carbonyl (C=O) groups is 2. The highest BCUT2D eigenvalue weighted by molar-refractivity contribution is 5.94. The van der Waals surface area contributed by atoms with Crippen molar-refractivity contribution in [2.75, 3.05) is 26.2 Å². The maximum Gasteiger partial charge on any atom is 0.254 e. The van der Waals surface area contributed by atoms with E-state index in [1.807, 2.05) is 12.1 Å². The van der Waals surface area contributed by atoms with E-state index in [-0.39, 0.29) is 17.7 Å². The average molecular weight is 427 g/mol. The summed E-state index contributed by atoms with van der Waals surface area (Å²) in [6.07, 6.45) is 9.08. The van der Waals surface area contributed by atoms with E-state index in [2.05, 4.69) is 40.8 Å². The van der Waals surface area contributed by atoms with Crippen LogP contribution in [0.15, 0.2) is 86.0 Å². The third-order valence-electron chi connectivity index (χ3n) is 5.76. The minimum atomic E-state index is -0.310. The van der Waals surface area contributed by atoms with E-state index in [4.69, 9.17) is 0 Å². The van der Waals surface area contributed by atoms with Crippen molar-refractivity contribution in [1.82, 2.24) is 19.8 Å². The molecule has 0 N–H and O–H groups in total. The predicted molar refractivity (Wildman–Crippen MR) is 124 cm³/mol. The topological polar surface area (TPSA) is 66.4 Å². The number of aromatic nitrogens is 2. The third kappa shape index (κ3) is 4.91. The molecule has 1 saturated heterocycles. The van der Waals surface area contributed by atoms with Crippen LogP contribution in [0, 0.1) is 5.92 Å². The Kier molecular flexibility index (Phi) is 6.70. The molecule has 32 heavy (non-hydrogen) atoms. The molecular weight excluding hydrogens is 400 g/mol. The van der Waals surface area contributed by atoms with Gasteiger partial charge in [0.1, 0.15) is 0 Å². The Labute approximate surface area is 188 Å². The molecule has 1 aliphatic rings. The molecule has 0 unspecified atom stereocenters. The van der Waals surface area contributed by atoms with Crippen LogP contribution in [0.5, 0.6) is 0 Å². The molecule has 3 aromatic rings. The molecule has 6 nitrogen and oxygen atoms in total. The number of benzene rings is 1. The highest BCUT2D eigenvalue weighted by Gasteiger charge is 2.32. The van der Waals surface area contributed by atoms with Gasteiger partial charge in [0.05, 0.1) is 5.92 Å². The summed E-state index contributed by atoms with van der Waals surface area (Å²) < 4.78 is 0. The van der Waals surface area contributed by atoms with Gasteiger partial charge in [0, 0.05) is 56.5 Å². The highest BCUT2D eigenvalue weighted by atomic mass is 16.2. The van der Waals surface area contributed by atoms with Crippen LogP contribution in [0.3, 0.4) is 0 Å². The van der Waals surface area contributed by atoms with Crippen LogP contribution in [0.4, 0.5) is 0 Å². The lowest BCUT2D eigenvalue weighted by atomic mass is 9.95. The van der Waals surface area contributed by atoms with Gasteiger partial charge in [0.2, 0.25) is 5.91 Å². The largest absolute Gasteiger partial charge is 0.337 e. The van der Waals surface area contributed by atoms with E-state index < -0.39 is 0 Å². The van der Waals surface area contributed by atoms with E-state index in [1.54, 1.807) is 52.8 Å². The van der Waals surface area contributed by atoms with Crippen molar-refractivity contribution in [2.24, 2.45) is 5.92 Å². The molecule has 0 aliphatic carbocycles. The molecule has 4 rings (SSSR count). The second-order valence-electron chi connectivity index (χ2n) is 7.89. The van der Waals surface area contributed by atoms with E-state index in [0.29, 0.717) is 38.2 Å². The maximum absolute atomic E-state index is 13.3. The summed E-state index contributed by atoms with van der Waals surface area (Å²) in [5, 5.41) is 0. The summed E-state index contributed by atoms with van der Waals surface area (Å²) in [4.78, 5) is 38.0. The molecule has 6 heteroatoms. The van der Waals surface area contributed by atoms with Gasteiger partial charge in [-0.3, -0.25) is 19.6 Å². The van der Waals surface area contributed by atoms with Gasteiger partial charge in [0.15, 0.2) is 0 Å². The van der Waals surface area contributed by atoms with Crippen LogP contribution in [0.1, 0.15) is 15.9 Å². The van der Waals surface area contributed by atoms with E-state index >= 15 is 0 Å². The number of carbonyl (C=O) groups excluding carboxylic acids is 2. The first kappa shape index (κ1) is 21.4. The van der Waals surface area contributed by atoms with Crippen molar-refractivity contribution in [1.29, 1.82) is 0 Å². The van der Waals surface area contributed by atoms with Crippen molar-refractivity contribution in [3.8, 4) is 11.1 Å². The summed E-state index contributed by atoms with van der Waals surface area (Å²) in [6.45, 7) is 5.65. The van der Waals surface area contributed by atoms with Crippen LogP contribution in [-0.4, -0.2) is 57.8 Å². The normalized spacial score (nSPS) is 16.5. The molecule has 1 aliphatic heterocycles. The number of rotatable bonds is 6. The van der Waals surface area contributed by atoms with Gasteiger partial charge in [-0.2, -0.15) is 0 Å². The van der Waals surface area contributed by atoms with Gasteiger partial charge in [-0.25, -0.2) is 0 Å². The Hall–Kier alpha value is -3.80. The molecule has 0 spiro atoms. The predicted octanol–water partition coefficient (Wildman–Crippen LogP) is 3.47. The summed E-state index contributed by atoms with van der Waals surface area (Å²) in [5.74, 6) is -0.318. The van der Waals surface area contributed by atoms with Crippen molar-refractivity contribution in [2.45, 2.75) is 6.42 Å². The molecule has 0 bridgehead atoms. The Morgan fingerprint density at radius 1 is 0.938 bits per heavy atom. The fourth-order valence-electron chi connectivity index (χ4n) is 4.06. The van der Waals surface area contributed by atoms with Crippen molar-refractivity contribution in [3.63, 3.8) is 0 Å². The lowest BCUT2D eigenvalue weighted by Gasteiger charge is -2.23. The summed E-state index contributed by atoms with van der Waals surface area (Å²) in [7, 11) is 0. The second kappa shape index (κ2) is 10.0. The molecule has 0 radical (unpaired) electrons. The van der Waals surface area contributed by atoms with Gasteiger partial charge >= 0.3 is 0 Å². The Morgan fingerprint density at radius 3 is 2.22 bits per heavy atom. The monoisotopic (exact) mass is 426 g/mol. The van der Waals surface area contributed by atoms with Gasteiger partial charge in [-0.1, -0.05) is 30.3 Å². The number of amides is 2. The van der Waals surface area contributed by atoms with Crippen LogP contribution in [0.25, 0.3) is 11.1 Å². The average Bonchev–Trinajstić information content (AvgIpc) is 3.00. The van der Waals surface area contributed by atoms with Crippen LogP contribution in [-0.2, 0) is 11.2 Å². The Bertz CT molecular complexity index is 1070. The molecule has 1 atom stereocenters. The quantitative estimate of drug-likeness (QED) is 0.566. The molecule has 0 saturated carbocycles. The van der Waals surface area contributed by atoms with Gasteiger partial charge < -0.3 is 9.80 Å². The van der Waals surface area contributed by atoms with Gasteiger partial charge in [-0.05, 0) is 47.4 Å². The lowest BCUT2D eigenvalue weighted by Crippen LogP contribution is -2.38. The molecule has 3 heterocycles. The molecular formula is C26H26N4O2. The van der Waals surface area contributed by atoms with E-state index in [1.165, 1.54) is 0 Å². The van der Waals surface area contributed by atoms with Crippen molar-refractivity contribution in [3.05, 3.63) is 97.1 Å².